The van der Waals surface area contributed by atoms with Crippen molar-refractivity contribution in [1.82, 2.24) is 0 Å². The minimum absolute atomic E-state index is 0.200. The van der Waals surface area contributed by atoms with Gasteiger partial charge in [-0.05, 0) is 18.2 Å². The second-order valence-corrected chi connectivity index (χ2v) is 4.45. The molecule has 0 bridgehead atoms. The Morgan fingerprint density at radius 2 is 1.80 bits per heavy atom. The summed E-state index contributed by atoms with van der Waals surface area (Å²) in [6, 6.07) is 13.1. The first-order valence-corrected chi connectivity index (χ1v) is 6.19. The molecule has 0 spiro atoms. The molecule has 0 aliphatic heterocycles. The zero-order chi connectivity index (χ0) is 14.5. The molecule has 0 aliphatic carbocycles. The molecular weight excluding hydrogens is 280 g/mol. The molecule has 0 aliphatic rings. The van der Waals surface area contributed by atoms with Crippen molar-refractivity contribution in [2.75, 3.05) is 6.61 Å². The largest absolute Gasteiger partial charge is 0.481 e. The summed E-state index contributed by atoms with van der Waals surface area (Å²) in [7, 11) is 0. The van der Waals surface area contributed by atoms with Crippen LogP contribution in [0.1, 0.15) is 15.9 Å². The van der Waals surface area contributed by atoms with Crippen LogP contribution in [0.3, 0.4) is 0 Å². The van der Waals surface area contributed by atoms with Gasteiger partial charge in [-0.3, -0.25) is 4.79 Å². The molecule has 5 heteroatoms. The fourth-order valence-corrected chi connectivity index (χ4v) is 1.86. The van der Waals surface area contributed by atoms with Crippen molar-refractivity contribution in [3.8, 4) is 5.75 Å². The molecule has 102 valence electrons. The molecule has 0 aromatic heterocycles. The normalized spacial score (nSPS) is 10.1. The maximum absolute atomic E-state index is 12.4. The third-order valence-electron chi connectivity index (χ3n) is 2.57. The van der Waals surface area contributed by atoms with E-state index in [0.717, 1.165) is 0 Å². The standard InChI is InChI=1S/C15H11ClO4/c16-11-6-7-13(20-9-14(17)18)12(8-11)15(19)10-4-2-1-3-5-10/h1-8H,9H2,(H,17,18). The number of carbonyl (C=O) groups is 2. The number of carbonyl (C=O) groups excluding carboxylic acids is 1. The number of hydrogen-bond donors (Lipinski definition) is 1. The van der Waals surface area contributed by atoms with Gasteiger partial charge in [0.1, 0.15) is 5.75 Å². The molecule has 4 nitrogen and oxygen atoms in total. The van der Waals surface area contributed by atoms with Gasteiger partial charge in [-0.2, -0.15) is 0 Å². The van der Waals surface area contributed by atoms with Crippen LogP contribution in [-0.2, 0) is 4.79 Å². The predicted octanol–water partition coefficient (Wildman–Crippen LogP) is 3.03. The molecule has 0 atom stereocenters. The summed E-state index contributed by atoms with van der Waals surface area (Å²) in [6.45, 7) is -0.517. The van der Waals surface area contributed by atoms with E-state index in [4.69, 9.17) is 21.4 Å². The van der Waals surface area contributed by atoms with Gasteiger partial charge in [0.15, 0.2) is 12.4 Å². The quantitative estimate of drug-likeness (QED) is 0.860. The van der Waals surface area contributed by atoms with Crippen LogP contribution in [0.25, 0.3) is 0 Å². The molecule has 2 aromatic carbocycles. The summed E-state index contributed by atoms with van der Waals surface area (Å²) in [4.78, 5) is 22.9. The van der Waals surface area contributed by atoms with E-state index in [2.05, 4.69) is 0 Å². The number of carboxylic acid groups (broad SMARTS) is 1. The van der Waals surface area contributed by atoms with Crippen LogP contribution in [0.5, 0.6) is 5.75 Å². The van der Waals surface area contributed by atoms with E-state index in [1.807, 2.05) is 0 Å². The van der Waals surface area contributed by atoms with Crippen LogP contribution in [0.15, 0.2) is 48.5 Å². The summed E-state index contributed by atoms with van der Waals surface area (Å²) in [5.74, 6) is -1.18. The minimum Gasteiger partial charge on any atom is -0.481 e. The van der Waals surface area contributed by atoms with E-state index in [1.165, 1.54) is 12.1 Å². The van der Waals surface area contributed by atoms with Crippen molar-refractivity contribution in [3.63, 3.8) is 0 Å². The summed E-state index contributed by atoms with van der Waals surface area (Å²) >= 11 is 5.89. The van der Waals surface area contributed by atoms with E-state index in [0.29, 0.717) is 10.6 Å². The summed E-state index contributed by atoms with van der Waals surface area (Å²) in [5, 5.41) is 9.02. The Hall–Kier alpha value is -2.33. The smallest absolute Gasteiger partial charge is 0.341 e. The molecule has 20 heavy (non-hydrogen) atoms. The molecule has 0 radical (unpaired) electrons. The number of rotatable bonds is 5. The summed E-state index contributed by atoms with van der Waals surface area (Å²) in [5.41, 5.74) is 0.722. The van der Waals surface area contributed by atoms with E-state index in [-0.39, 0.29) is 17.1 Å². The van der Waals surface area contributed by atoms with Crippen LogP contribution < -0.4 is 4.74 Å². The molecule has 0 saturated heterocycles. The van der Waals surface area contributed by atoms with Gasteiger partial charge in [-0.25, -0.2) is 4.79 Å². The molecule has 2 aromatic rings. The highest BCUT2D eigenvalue weighted by Crippen LogP contribution is 2.25. The van der Waals surface area contributed by atoms with Gasteiger partial charge in [0.2, 0.25) is 0 Å². The third-order valence-corrected chi connectivity index (χ3v) is 2.81. The van der Waals surface area contributed by atoms with Crippen LogP contribution in [0, 0.1) is 0 Å². The first kappa shape index (κ1) is 14.1. The summed E-state index contributed by atoms with van der Waals surface area (Å²) in [6.07, 6.45) is 0. The lowest BCUT2D eigenvalue weighted by atomic mass is 10.0. The Labute approximate surface area is 120 Å². The Morgan fingerprint density at radius 3 is 2.45 bits per heavy atom. The lowest BCUT2D eigenvalue weighted by Gasteiger charge is -2.09. The average molecular weight is 291 g/mol. The lowest BCUT2D eigenvalue weighted by molar-refractivity contribution is -0.139. The number of halogens is 1. The fourth-order valence-electron chi connectivity index (χ4n) is 1.69. The number of ether oxygens (including phenoxy) is 1. The SMILES string of the molecule is O=C(O)COc1ccc(Cl)cc1C(=O)c1ccccc1. The number of benzene rings is 2. The third kappa shape index (κ3) is 3.36. The molecule has 0 fully saturated rings. The number of aliphatic carboxylic acids is 1. The topological polar surface area (TPSA) is 63.6 Å². The second kappa shape index (κ2) is 6.21. The van der Waals surface area contributed by atoms with Crippen LogP contribution in [0.4, 0.5) is 0 Å². The predicted molar refractivity (Wildman–Crippen MR) is 74.5 cm³/mol. The van der Waals surface area contributed by atoms with Gasteiger partial charge in [0, 0.05) is 10.6 Å². The number of carboxylic acids is 1. The Balaban J connectivity index is 2.36. The van der Waals surface area contributed by atoms with Gasteiger partial charge in [-0.1, -0.05) is 41.9 Å². The van der Waals surface area contributed by atoms with Crippen LogP contribution in [-0.4, -0.2) is 23.5 Å². The van der Waals surface area contributed by atoms with Gasteiger partial charge < -0.3 is 9.84 Å². The average Bonchev–Trinajstić information content (AvgIpc) is 2.46. The molecule has 0 heterocycles. The number of ketones is 1. The molecule has 0 unspecified atom stereocenters. The molecule has 1 N–H and O–H groups in total. The van der Waals surface area contributed by atoms with Crippen molar-refractivity contribution in [2.45, 2.75) is 0 Å². The Bertz CT molecular complexity index is 638. The van der Waals surface area contributed by atoms with Crippen LogP contribution >= 0.6 is 11.6 Å². The molecule has 0 saturated carbocycles. The van der Waals surface area contributed by atoms with Crippen molar-refractivity contribution in [3.05, 3.63) is 64.7 Å². The second-order valence-electron chi connectivity index (χ2n) is 4.02. The van der Waals surface area contributed by atoms with E-state index in [1.54, 1.807) is 36.4 Å². The number of hydrogen-bond acceptors (Lipinski definition) is 3. The van der Waals surface area contributed by atoms with Gasteiger partial charge in [0.05, 0.1) is 5.56 Å². The minimum atomic E-state index is -1.11. The zero-order valence-corrected chi connectivity index (χ0v) is 11.1. The van der Waals surface area contributed by atoms with E-state index < -0.39 is 12.6 Å². The van der Waals surface area contributed by atoms with Crippen molar-refractivity contribution < 1.29 is 19.4 Å². The van der Waals surface area contributed by atoms with Crippen molar-refractivity contribution in [2.24, 2.45) is 0 Å². The maximum Gasteiger partial charge on any atom is 0.341 e. The van der Waals surface area contributed by atoms with Gasteiger partial charge in [-0.15, -0.1) is 0 Å². The first-order chi connectivity index (χ1) is 9.58. The highest BCUT2D eigenvalue weighted by molar-refractivity contribution is 6.31. The highest BCUT2D eigenvalue weighted by Gasteiger charge is 2.16. The lowest BCUT2D eigenvalue weighted by Crippen LogP contribution is -2.12. The van der Waals surface area contributed by atoms with Gasteiger partial charge >= 0.3 is 5.97 Å². The maximum atomic E-state index is 12.4. The van der Waals surface area contributed by atoms with Gasteiger partial charge in [0.25, 0.3) is 0 Å². The monoisotopic (exact) mass is 290 g/mol. The molecular formula is C15H11ClO4. The summed E-state index contributed by atoms with van der Waals surface area (Å²) < 4.78 is 5.12. The van der Waals surface area contributed by atoms with E-state index in [9.17, 15) is 9.59 Å². The van der Waals surface area contributed by atoms with Crippen molar-refractivity contribution in [1.29, 1.82) is 0 Å². The molecule has 0 amide bonds. The fraction of sp³-hybridized carbons (Fsp3) is 0.0667. The van der Waals surface area contributed by atoms with E-state index >= 15 is 0 Å². The van der Waals surface area contributed by atoms with Crippen molar-refractivity contribution >= 4 is 23.4 Å². The highest BCUT2D eigenvalue weighted by atomic mass is 35.5. The molecule has 2 rings (SSSR count). The Morgan fingerprint density at radius 1 is 1.10 bits per heavy atom. The Kier molecular flexibility index (Phi) is 4.38. The first-order valence-electron chi connectivity index (χ1n) is 5.82. The van der Waals surface area contributed by atoms with Crippen LogP contribution in [0.2, 0.25) is 5.02 Å². The zero-order valence-electron chi connectivity index (χ0n) is 10.4.